The normalized spacial score (nSPS) is 20.8. The van der Waals surface area contributed by atoms with Crippen molar-refractivity contribution >= 4 is 5.82 Å². The average Bonchev–Trinajstić information content (AvgIpc) is 3.23. The van der Waals surface area contributed by atoms with Gasteiger partial charge in [0.2, 0.25) is 0 Å². The van der Waals surface area contributed by atoms with Gasteiger partial charge in [-0.1, -0.05) is 6.07 Å². The average molecular weight is 261 g/mol. The van der Waals surface area contributed by atoms with E-state index in [-0.39, 0.29) is 6.61 Å². The summed E-state index contributed by atoms with van der Waals surface area (Å²) in [6.45, 7) is 7.78. The molecule has 2 heterocycles. The number of rotatable bonds is 4. The smallest absolute Gasteiger partial charge is 0.128 e. The summed E-state index contributed by atoms with van der Waals surface area (Å²) in [4.78, 5) is 9.56. The summed E-state index contributed by atoms with van der Waals surface area (Å²) in [6.07, 6.45) is 2.87. The predicted octanol–water partition coefficient (Wildman–Crippen LogP) is 1.41. The standard InChI is InChI=1S/C15H23N3O/c1-12-14(11-19)4-5-15(16-12)18-8-6-17(7-9-18)10-13-2-3-13/h4-5,13,19H,2-3,6-11H2,1H3. The van der Waals surface area contributed by atoms with E-state index in [4.69, 9.17) is 0 Å². The van der Waals surface area contributed by atoms with Crippen LogP contribution in [0.3, 0.4) is 0 Å². The summed E-state index contributed by atoms with van der Waals surface area (Å²) >= 11 is 0. The summed E-state index contributed by atoms with van der Waals surface area (Å²) in [5.74, 6) is 2.04. The van der Waals surface area contributed by atoms with Crippen LogP contribution in [0.5, 0.6) is 0 Å². The maximum Gasteiger partial charge on any atom is 0.128 e. The minimum atomic E-state index is 0.0777. The molecule has 2 fully saturated rings. The molecular weight excluding hydrogens is 238 g/mol. The van der Waals surface area contributed by atoms with Crippen LogP contribution in [0, 0.1) is 12.8 Å². The van der Waals surface area contributed by atoms with Crippen LogP contribution in [0.15, 0.2) is 12.1 Å². The Bertz CT molecular complexity index is 437. The fourth-order valence-electron chi connectivity index (χ4n) is 2.74. The molecule has 1 aromatic rings. The van der Waals surface area contributed by atoms with Gasteiger partial charge in [-0.25, -0.2) is 4.98 Å². The Balaban J connectivity index is 1.59. The van der Waals surface area contributed by atoms with Gasteiger partial charge in [0.05, 0.1) is 6.61 Å². The number of hydrogen-bond donors (Lipinski definition) is 1. The number of aromatic nitrogens is 1. The van der Waals surface area contributed by atoms with E-state index in [2.05, 4.69) is 14.8 Å². The number of anilines is 1. The van der Waals surface area contributed by atoms with Gasteiger partial charge in [0.25, 0.3) is 0 Å². The Labute approximate surface area is 115 Å². The van der Waals surface area contributed by atoms with Crippen molar-refractivity contribution in [1.29, 1.82) is 0 Å². The molecule has 0 aromatic carbocycles. The number of aryl methyl sites for hydroxylation is 1. The number of hydrogen-bond acceptors (Lipinski definition) is 4. The Morgan fingerprint density at radius 2 is 1.95 bits per heavy atom. The van der Waals surface area contributed by atoms with Crippen molar-refractivity contribution in [3.8, 4) is 0 Å². The van der Waals surface area contributed by atoms with Crippen molar-refractivity contribution in [2.75, 3.05) is 37.6 Å². The minimum Gasteiger partial charge on any atom is -0.392 e. The third-order valence-electron chi connectivity index (χ3n) is 4.26. The highest BCUT2D eigenvalue weighted by Gasteiger charge is 2.26. The first kappa shape index (κ1) is 12.9. The first-order chi connectivity index (χ1) is 9.26. The van der Waals surface area contributed by atoms with Gasteiger partial charge in [0.15, 0.2) is 0 Å². The van der Waals surface area contributed by atoms with E-state index in [0.29, 0.717) is 0 Å². The van der Waals surface area contributed by atoms with Crippen molar-refractivity contribution in [2.24, 2.45) is 5.92 Å². The molecule has 1 saturated heterocycles. The number of nitrogens with zero attached hydrogens (tertiary/aromatic N) is 3. The number of piperazine rings is 1. The fraction of sp³-hybridized carbons (Fsp3) is 0.667. The van der Waals surface area contributed by atoms with Gasteiger partial charge in [-0.3, -0.25) is 4.90 Å². The zero-order chi connectivity index (χ0) is 13.2. The van der Waals surface area contributed by atoms with Crippen LogP contribution in [0.25, 0.3) is 0 Å². The molecule has 0 radical (unpaired) electrons. The van der Waals surface area contributed by atoms with Crippen LogP contribution in [0.2, 0.25) is 0 Å². The van der Waals surface area contributed by atoms with E-state index in [9.17, 15) is 5.11 Å². The molecule has 0 bridgehead atoms. The largest absolute Gasteiger partial charge is 0.392 e. The second-order valence-electron chi connectivity index (χ2n) is 5.80. The summed E-state index contributed by atoms with van der Waals surface area (Å²) < 4.78 is 0. The molecule has 1 N–H and O–H groups in total. The molecule has 1 aliphatic heterocycles. The molecule has 0 atom stereocenters. The van der Waals surface area contributed by atoms with Gasteiger partial charge in [0.1, 0.15) is 5.82 Å². The second kappa shape index (κ2) is 5.47. The van der Waals surface area contributed by atoms with Gasteiger partial charge < -0.3 is 10.0 Å². The quantitative estimate of drug-likeness (QED) is 0.889. The van der Waals surface area contributed by atoms with Crippen molar-refractivity contribution < 1.29 is 5.11 Å². The van der Waals surface area contributed by atoms with E-state index in [1.807, 2.05) is 19.1 Å². The maximum atomic E-state index is 9.18. The lowest BCUT2D eigenvalue weighted by molar-refractivity contribution is 0.247. The van der Waals surface area contributed by atoms with Gasteiger partial charge in [0, 0.05) is 38.4 Å². The highest BCUT2D eigenvalue weighted by molar-refractivity contribution is 5.42. The SMILES string of the molecule is Cc1nc(N2CCN(CC3CC3)CC2)ccc1CO. The lowest BCUT2D eigenvalue weighted by Crippen LogP contribution is -2.47. The second-order valence-corrected chi connectivity index (χ2v) is 5.80. The molecule has 1 aromatic heterocycles. The molecule has 2 aliphatic rings. The summed E-state index contributed by atoms with van der Waals surface area (Å²) in [5.41, 5.74) is 1.87. The molecule has 4 heteroatoms. The lowest BCUT2D eigenvalue weighted by Gasteiger charge is -2.35. The van der Waals surface area contributed by atoms with E-state index in [1.165, 1.54) is 19.4 Å². The lowest BCUT2D eigenvalue weighted by atomic mass is 10.2. The monoisotopic (exact) mass is 261 g/mol. The third-order valence-corrected chi connectivity index (χ3v) is 4.26. The first-order valence-electron chi connectivity index (χ1n) is 7.31. The van der Waals surface area contributed by atoms with Crippen LogP contribution in [0.4, 0.5) is 5.82 Å². The molecule has 0 spiro atoms. The van der Waals surface area contributed by atoms with E-state index in [1.54, 1.807) is 0 Å². The first-order valence-corrected chi connectivity index (χ1v) is 7.31. The van der Waals surface area contributed by atoms with Crippen LogP contribution >= 0.6 is 0 Å². The van der Waals surface area contributed by atoms with Crippen molar-refractivity contribution in [2.45, 2.75) is 26.4 Å². The predicted molar refractivity (Wildman–Crippen MR) is 76.3 cm³/mol. The van der Waals surface area contributed by atoms with E-state index in [0.717, 1.165) is 49.2 Å². The molecule has 4 nitrogen and oxygen atoms in total. The van der Waals surface area contributed by atoms with Gasteiger partial charge in [-0.05, 0) is 37.3 Å². The summed E-state index contributed by atoms with van der Waals surface area (Å²) in [6, 6.07) is 4.03. The molecular formula is C15H23N3O. The van der Waals surface area contributed by atoms with E-state index >= 15 is 0 Å². The van der Waals surface area contributed by atoms with Gasteiger partial charge in [-0.15, -0.1) is 0 Å². The van der Waals surface area contributed by atoms with E-state index < -0.39 is 0 Å². The number of aliphatic hydroxyl groups excluding tert-OH is 1. The molecule has 104 valence electrons. The van der Waals surface area contributed by atoms with Crippen molar-refractivity contribution in [1.82, 2.24) is 9.88 Å². The van der Waals surface area contributed by atoms with Gasteiger partial charge >= 0.3 is 0 Å². The Kier molecular flexibility index (Phi) is 3.71. The van der Waals surface area contributed by atoms with Gasteiger partial charge in [-0.2, -0.15) is 0 Å². The Hall–Kier alpha value is -1.13. The van der Waals surface area contributed by atoms with Crippen LogP contribution in [0.1, 0.15) is 24.1 Å². The van der Waals surface area contributed by atoms with Crippen LogP contribution < -0.4 is 4.90 Å². The highest BCUT2D eigenvalue weighted by atomic mass is 16.3. The molecule has 1 saturated carbocycles. The molecule has 0 amide bonds. The minimum absolute atomic E-state index is 0.0777. The molecule has 1 aliphatic carbocycles. The maximum absolute atomic E-state index is 9.18. The van der Waals surface area contributed by atoms with Crippen molar-refractivity contribution in [3.05, 3.63) is 23.4 Å². The summed E-state index contributed by atoms with van der Waals surface area (Å²) in [5, 5.41) is 9.18. The van der Waals surface area contributed by atoms with Crippen LogP contribution in [-0.4, -0.2) is 47.7 Å². The molecule has 19 heavy (non-hydrogen) atoms. The topological polar surface area (TPSA) is 39.6 Å². The third kappa shape index (κ3) is 3.07. The summed E-state index contributed by atoms with van der Waals surface area (Å²) in [7, 11) is 0. The zero-order valence-electron chi connectivity index (χ0n) is 11.7. The fourth-order valence-corrected chi connectivity index (χ4v) is 2.74. The zero-order valence-corrected chi connectivity index (χ0v) is 11.7. The Morgan fingerprint density at radius 3 is 2.53 bits per heavy atom. The Morgan fingerprint density at radius 1 is 1.21 bits per heavy atom. The number of aliphatic hydroxyl groups is 1. The molecule has 3 rings (SSSR count). The molecule has 0 unspecified atom stereocenters. The van der Waals surface area contributed by atoms with Crippen molar-refractivity contribution in [3.63, 3.8) is 0 Å². The van der Waals surface area contributed by atoms with Crippen LogP contribution in [-0.2, 0) is 6.61 Å². The number of pyridine rings is 1. The highest BCUT2D eigenvalue weighted by Crippen LogP contribution is 2.30.